The first kappa shape index (κ1) is 21.4. The molecule has 146 valence electrons. The Morgan fingerprint density at radius 3 is 2.41 bits per heavy atom. The Morgan fingerprint density at radius 1 is 1.00 bits per heavy atom. The fourth-order valence-electron chi connectivity index (χ4n) is 2.60. The molecule has 0 unspecified atom stereocenters. The smallest absolute Gasteiger partial charge is 0.240 e. The lowest BCUT2D eigenvalue weighted by molar-refractivity contribution is -0.121. The van der Waals surface area contributed by atoms with Crippen LogP contribution < -0.4 is 10.0 Å². The summed E-state index contributed by atoms with van der Waals surface area (Å²) in [6.07, 6.45) is 0.906. The maximum Gasteiger partial charge on any atom is 0.240 e. The van der Waals surface area contributed by atoms with Crippen molar-refractivity contribution in [1.29, 1.82) is 0 Å². The zero-order chi connectivity index (χ0) is 20.0. The summed E-state index contributed by atoms with van der Waals surface area (Å²) in [5.74, 6) is -0.127. The number of sulfonamides is 1. The highest BCUT2D eigenvalue weighted by Crippen LogP contribution is 2.18. The van der Waals surface area contributed by atoms with E-state index in [-0.39, 0.29) is 23.9 Å². The average Bonchev–Trinajstić information content (AvgIpc) is 2.61. The summed E-state index contributed by atoms with van der Waals surface area (Å²) in [5.41, 5.74) is 3.57. The van der Waals surface area contributed by atoms with Crippen molar-refractivity contribution in [2.24, 2.45) is 0 Å². The molecule has 27 heavy (non-hydrogen) atoms. The van der Waals surface area contributed by atoms with Crippen LogP contribution in [0, 0.1) is 20.8 Å². The molecular formula is C20H25ClN2O3S. The van der Waals surface area contributed by atoms with Gasteiger partial charge in [0.15, 0.2) is 0 Å². The normalized spacial score (nSPS) is 11.4. The van der Waals surface area contributed by atoms with E-state index in [1.54, 1.807) is 19.1 Å². The number of halogens is 1. The molecule has 0 aliphatic carbocycles. The third-order valence-electron chi connectivity index (χ3n) is 4.25. The van der Waals surface area contributed by atoms with Gasteiger partial charge >= 0.3 is 0 Å². The van der Waals surface area contributed by atoms with Crippen LogP contribution in [0.4, 0.5) is 0 Å². The maximum atomic E-state index is 12.4. The third kappa shape index (κ3) is 6.34. The number of hydrogen-bond donors (Lipinski definition) is 2. The minimum atomic E-state index is -3.59. The van der Waals surface area contributed by atoms with Crippen LogP contribution in [-0.2, 0) is 21.2 Å². The molecule has 0 saturated heterocycles. The number of hydrogen-bond acceptors (Lipinski definition) is 3. The average molecular weight is 409 g/mol. The van der Waals surface area contributed by atoms with Crippen LogP contribution in [0.3, 0.4) is 0 Å². The van der Waals surface area contributed by atoms with Crippen molar-refractivity contribution >= 4 is 27.5 Å². The van der Waals surface area contributed by atoms with E-state index in [0.29, 0.717) is 23.4 Å². The molecule has 7 heteroatoms. The second-order valence-electron chi connectivity index (χ2n) is 6.60. The third-order valence-corrected chi connectivity index (χ3v) is 6.26. The summed E-state index contributed by atoms with van der Waals surface area (Å²) in [5, 5.41) is 3.42. The number of amides is 1. The van der Waals surface area contributed by atoms with Gasteiger partial charge in [0.25, 0.3) is 0 Å². The molecule has 0 bridgehead atoms. The second kappa shape index (κ2) is 9.35. The van der Waals surface area contributed by atoms with Crippen LogP contribution in [-0.4, -0.2) is 27.4 Å². The largest absolute Gasteiger partial charge is 0.355 e. The summed E-state index contributed by atoms with van der Waals surface area (Å²) >= 11 is 6.08. The van der Waals surface area contributed by atoms with Crippen molar-refractivity contribution in [1.82, 2.24) is 10.0 Å². The zero-order valence-electron chi connectivity index (χ0n) is 15.8. The van der Waals surface area contributed by atoms with Gasteiger partial charge < -0.3 is 5.32 Å². The highest BCUT2D eigenvalue weighted by atomic mass is 35.5. The molecule has 2 rings (SSSR count). The molecule has 0 aliphatic rings. The van der Waals surface area contributed by atoms with Gasteiger partial charge in [-0.25, -0.2) is 13.1 Å². The lowest BCUT2D eigenvalue weighted by Crippen LogP contribution is -2.35. The predicted molar refractivity (Wildman–Crippen MR) is 109 cm³/mol. The molecule has 2 aromatic carbocycles. The molecule has 0 atom stereocenters. The summed E-state index contributed by atoms with van der Waals surface area (Å²) in [6.45, 7) is 5.90. The molecule has 0 saturated carbocycles. The lowest BCUT2D eigenvalue weighted by Gasteiger charge is -2.11. The Hall–Kier alpha value is -1.89. The van der Waals surface area contributed by atoms with Gasteiger partial charge in [-0.3, -0.25) is 4.79 Å². The predicted octanol–water partition coefficient (Wildman–Crippen LogP) is 3.29. The van der Waals surface area contributed by atoms with E-state index in [9.17, 15) is 13.2 Å². The number of carbonyl (C=O) groups excluding carboxylic acids is 1. The van der Waals surface area contributed by atoms with Crippen molar-refractivity contribution in [3.8, 4) is 0 Å². The van der Waals surface area contributed by atoms with Gasteiger partial charge in [0.1, 0.15) is 0 Å². The van der Waals surface area contributed by atoms with Crippen LogP contribution >= 0.6 is 11.6 Å². The molecule has 2 N–H and O–H groups in total. The fourth-order valence-corrected chi connectivity index (χ4v) is 4.16. The van der Waals surface area contributed by atoms with Crippen molar-refractivity contribution in [3.05, 3.63) is 63.7 Å². The lowest BCUT2D eigenvalue weighted by atomic mass is 10.1. The Kier molecular flexibility index (Phi) is 7.41. The van der Waals surface area contributed by atoms with E-state index in [1.807, 2.05) is 38.1 Å². The molecule has 0 heterocycles. The SMILES string of the molecule is Cc1ccc(C)c(S(=O)(=O)NCCNC(=O)CCc2ccc(C)c(Cl)c2)c1. The maximum absolute atomic E-state index is 12.4. The Bertz CT molecular complexity index is 927. The van der Waals surface area contributed by atoms with Crippen LogP contribution in [0.2, 0.25) is 5.02 Å². The van der Waals surface area contributed by atoms with Gasteiger partial charge in [0.2, 0.25) is 15.9 Å². The van der Waals surface area contributed by atoms with E-state index in [0.717, 1.165) is 16.7 Å². The number of nitrogens with one attached hydrogen (secondary N) is 2. The van der Waals surface area contributed by atoms with Crippen molar-refractivity contribution in [3.63, 3.8) is 0 Å². The highest BCUT2D eigenvalue weighted by Gasteiger charge is 2.16. The number of benzene rings is 2. The number of aryl methyl sites for hydroxylation is 4. The molecule has 2 aromatic rings. The van der Waals surface area contributed by atoms with Gasteiger partial charge in [-0.2, -0.15) is 0 Å². The molecular weight excluding hydrogens is 384 g/mol. The highest BCUT2D eigenvalue weighted by molar-refractivity contribution is 7.89. The topological polar surface area (TPSA) is 75.3 Å². The van der Waals surface area contributed by atoms with Crippen molar-refractivity contribution < 1.29 is 13.2 Å². The minimum Gasteiger partial charge on any atom is -0.355 e. The monoisotopic (exact) mass is 408 g/mol. The summed E-state index contributed by atoms with van der Waals surface area (Å²) in [4.78, 5) is 12.2. The van der Waals surface area contributed by atoms with Gasteiger partial charge in [-0.05, 0) is 61.6 Å². The van der Waals surface area contributed by atoms with E-state index in [2.05, 4.69) is 10.0 Å². The standard InChI is InChI=1S/C20H25ClN2O3S/c1-14-4-5-16(3)19(12-14)27(25,26)23-11-10-22-20(24)9-8-17-7-6-15(2)18(21)13-17/h4-7,12-13,23H,8-11H2,1-3H3,(H,22,24). The van der Waals surface area contributed by atoms with Crippen LogP contribution in [0.25, 0.3) is 0 Å². The molecule has 0 spiro atoms. The first-order valence-corrected chi connectivity index (χ1v) is 10.6. The quantitative estimate of drug-likeness (QED) is 0.658. The van der Waals surface area contributed by atoms with Crippen molar-refractivity contribution in [2.45, 2.75) is 38.5 Å². The van der Waals surface area contributed by atoms with E-state index >= 15 is 0 Å². The zero-order valence-corrected chi connectivity index (χ0v) is 17.4. The Labute approximate surface area is 166 Å². The van der Waals surface area contributed by atoms with E-state index in [1.165, 1.54) is 0 Å². The molecule has 0 aliphatic heterocycles. The molecule has 1 amide bonds. The Morgan fingerprint density at radius 2 is 1.70 bits per heavy atom. The van der Waals surface area contributed by atoms with Crippen molar-refractivity contribution in [2.75, 3.05) is 13.1 Å². The number of rotatable bonds is 8. The second-order valence-corrected chi connectivity index (χ2v) is 8.74. The van der Waals surface area contributed by atoms with Gasteiger partial charge in [-0.15, -0.1) is 0 Å². The summed E-state index contributed by atoms with van der Waals surface area (Å²) < 4.78 is 27.3. The van der Waals surface area contributed by atoms with Crippen LogP contribution in [0.15, 0.2) is 41.3 Å². The summed E-state index contributed by atoms with van der Waals surface area (Å²) in [7, 11) is -3.59. The van der Waals surface area contributed by atoms with Gasteiger partial charge in [-0.1, -0.05) is 35.9 Å². The molecule has 0 radical (unpaired) electrons. The van der Waals surface area contributed by atoms with E-state index in [4.69, 9.17) is 11.6 Å². The van der Waals surface area contributed by atoms with E-state index < -0.39 is 10.0 Å². The first-order valence-electron chi connectivity index (χ1n) is 8.77. The van der Waals surface area contributed by atoms with Crippen LogP contribution in [0.1, 0.15) is 28.7 Å². The molecule has 5 nitrogen and oxygen atoms in total. The fraction of sp³-hybridized carbons (Fsp3) is 0.350. The van der Waals surface area contributed by atoms with Crippen LogP contribution in [0.5, 0.6) is 0 Å². The van der Waals surface area contributed by atoms with Gasteiger partial charge in [0.05, 0.1) is 4.90 Å². The van der Waals surface area contributed by atoms with Gasteiger partial charge in [0, 0.05) is 24.5 Å². The minimum absolute atomic E-state index is 0.127. The number of carbonyl (C=O) groups is 1. The first-order chi connectivity index (χ1) is 12.7. The molecule has 0 fully saturated rings. The summed E-state index contributed by atoms with van der Waals surface area (Å²) in [6, 6.07) is 11.0. The Balaban J connectivity index is 1.77. The molecule has 0 aromatic heterocycles.